The minimum atomic E-state index is 0.791. The lowest BCUT2D eigenvalue weighted by Gasteiger charge is -2.25. The summed E-state index contributed by atoms with van der Waals surface area (Å²) in [6.45, 7) is 5.22. The van der Waals surface area contributed by atoms with Crippen LogP contribution in [0.3, 0.4) is 0 Å². The first kappa shape index (κ1) is 14.5. The van der Waals surface area contributed by atoms with Crippen molar-refractivity contribution in [2.75, 3.05) is 13.1 Å². The Morgan fingerprint density at radius 1 is 1.14 bits per heavy atom. The van der Waals surface area contributed by atoms with Crippen molar-refractivity contribution in [2.45, 2.75) is 32.9 Å². The zero-order valence-corrected chi connectivity index (χ0v) is 13.6. The molecule has 0 radical (unpaired) electrons. The SMILES string of the molecule is Cc1ccccc1-c1nn(CN2CCCCC2)c(=S)n1C. The van der Waals surface area contributed by atoms with E-state index in [1.54, 1.807) is 0 Å². The molecule has 1 aromatic carbocycles. The smallest absolute Gasteiger partial charge is 0.199 e. The van der Waals surface area contributed by atoms with E-state index in [2.05, 4.69) is 36.1 Å². The van der Waals surface area contributed by atoms with E-state index in [9.17, 15) is 0 Å². The normalized spacial score (nSPS) is 16.3. The average molecular weight is 302 g/mol. The summed E-state index contributed by atoms with van der Waals surface area (Å²) in [6, 6.07) is 8.33. The Morgan fingerprint density at radius 2 is 1.86 bits per heavy atom. The molecule has 4 nitrogen and oxygen atoms in total. The highest BCUT2D eigenvalue weighted by Gasteiger charge is 2.15. The predicted molar refractivity (Wildman–Crippen MR) is 87.6 cm³/mol. The van der Waals surface area contributed by atoms with Crippen LogP contribution in [0.5, 0.6) is 0 Å². The molecule has 5 heteroatoms. The molecule has 3 rings (SSSR count). The number of aromatic nitrogens is 3. The number of hydrogen-bond acceptors (Lipinski definition) is 3. The third kappa shape index (κ3) is 2.94. The van der Waals surface area contributed by atoms with Crippen LogP contribution >= 0.6 is 12.2 Å². The quantitative estimate of drug-likeness (QED) is 0.813. The van der Waals surface area contributed by atoms with Crippen LogP contribution < -0.4 is 0 Å². The average Bonchev–Trinajstić information content (AvgIpc) is 2.77. The van der Waals surface area contributed by atoms with Crippen molar-refractivity contribution in [1.29, 1.82) is 0 Å². The summed E-state index contributed by atoms with van der Waals surface area (Å²) < 4.78 is 4.77. The van der Waals surface area contributed by atoms with Crippen LogP contribution in [0, 0.1) is 11.7 Å². The van der Waals surface area contributed by atoms with Crippen molar-refractivity contribution < 1.29 is 0 Å². The van der Waals surface area contributed by atoms with Gasteiger partial charge in [0.05, 0.1) is 6.67 Å². The van der Waals surface area contributed by atoms with Gasteiger partial charge in [-0.3, -0.25) is 4.90 Å². The van der Waals surface area contributed by atoms with Crippen molar-refractivity contribution >= 4 is 12.2 Å². The van der Waals surface area contributed by atoms with Gasteiger partial charge in [-0.15, -0.1) is 0 Å². The van der Waals surface area contributed by atoms with Gasteiger partial charge in [0.2, 0.25) is 0 Å². The molecule has 21 heavy (non-hydrogen) atoms. The van der Waals surface area contributed by atoms with Crippen molar-refractivity contribution in [3.05, 3.63) is 34.6 Å². The topological polar surface area (TPSA) is 26.0 Å². The molecule has 112 valence electrons. The Balaban J connectivity index is 1.92. The lowest BCUT2D eigenvalue weighted by atomic mass is 10.1. The first-order valence-corrected chi connectivity index (χ1v) is 8.00. The molecule has 0 aliphatic carbocycles. The zero-order chi connectivity index (χ0) is 14.8. The van der Waals surface area contributed by atoms with E-state index in [0.717, 1.165) is 35.9 Å². The molecule has 1 fully saturated rings. The maximum atomic E-state index is 5.56. The van der Waals surface area contributed by atoms with Gasteiger partial charge in [0, 0.05) is 12.6 Å². The molecule has 1 saturated heterocycles. The third-order valence-corrected chi connectivity index (χ3v) is 4.69. The molecule has 0 saturated carbocycles. The van der Waals surface area contributed by atoms with Gasteiger partial charge >= 0.3 is 0 Å². The summed E-state index contributed by atoms with van der Waals surface area (Å²) in [7, 11) is 2.00. The molecule has 1 aromatic heterocycles. The second kappa shape index (κ2) is 6.12. The zero-order valence-electron chi connectivity index (χ0n) is 12.7. The number of piperidine rings is 1. The van der Waals surface area contributed by atoms with Gasteiger partial charge in [-0.05, 0) is 50.6 Å². The number of rotatable bonds is 3. The second-order valence-electron chi connectivity index (χ2n) is 5.80. The van der Waals surface area contributed by atoms with Gasteiger partial charge in [0.1, 0.15) is 0 Å². The highest BCUT2D eigenvalue weighted by Crippen LogP contribution is 2.21. The Hall–Kier alpha value is -1.46. The van der Waals surface area contributed by atoms with Gasteiger partial charge in [-0.25, -0.2) is 4.68 Å². The van der Waals surface area contributed by atoms with Crippen LogP contribution in [0.15, 0.2) is 24.3 Å². The monoisotopic (exact) mass is 302 g/mol. The lowest BCUT2D eigenvalue weighted by Crippen LogP contribution is -2.32. The Bertz CT molecular complexity index is 680. The van der Waals surface area contributed by atoms with Gasteiger partial charge < -0.3 is 4.57 Å². The van der Waals surface area contributed by atoms with E-state index >= 15 is 0 Å². The van der Waals surface area contributed by atoms with E-state index in [1.165, 1.54) is 24.8 Å². The minimum absolute atomic E-state index is 0.791. The summed E-state index contributed by atoms with van der Waals surface area (Å²) in [6.07, 6.45) is 3.91. The van der Waals surface area contributed by atoms with Crippen LogP contribution in [-0.2, 0) is 13.7 Å². The molecular formula is C16H22N4S. The largest absolute Gasteiger partial charge is 0.303 e. The Labute approximate surface area is 131 Å². The van der Waals surface area contributed by atoms with E-state index in [-0.39, 0.29) is 0 Å². The second-order valence-corrected chi connectivity index (χ2v) is 6.16. The van der Waals surface area contributed by atoms with Crippen LogP contribution in [0.25, 0.3) is 11.4 Å². The number of aryl methyl sites for hydroxylation is 1. The fourth-order valence-electron chi connectivity index (χ4n) is 2.93. The van der Waals surface area contributed by atoms with E-state index in [1.807, 2.05) is 16.3 Å². The summed E-state index contributed by atoms with van der Waals surface area (Å²) in [5.74, 6) is 0.954. The molecule has 2 heterocycles. The van der Waals surface area contributed by atoms with E-state index in [0.29, 0.717) is 0 Å². The van der Waals surface area contributed by atoms with Crippen molar-refractivity contribution in [3.63, 3.8) is 0 Å². The Kier molecular flexibility index (Phi) is 4.22. The van der Waals surface area contributed by atoms with Crippen molar-refractivity contribution in [2.24, 2.45) is 7.05 Å². The molecule has 0 N–H and O–H groups in total. The number of benzene rings is 1. The van der Waals surface area contributed by atoms with Crippen LogP contribution in [0.2, 0.25) is 0 Å². The van der Waals surface area contributed by atoms with Gasteiger partial charge in [0.15, 0.2) is 10.6 Å². The molecular weight excluding hydrogens is 280 g/mol. The maximum absolute atomic E-state index is 5.56. The number of likely N-dealkylation sites (tertiary alicyclic amines) is 1. The summed E-state index contributed by atoms with van der Waals surface area (Å²) in [4.78, 5) is 2.44. The van der Waals surface area contributed by atoms with E-state index < -0.39 is 0 Å². The van der Waals surface area contributed by atoms with Crippen LogP contribution in [0.1, 0.15) is 24.8 Å². The van der Waals surface area contributed by atoms with Crippen molar-refractivity contribution in [3.8, 4) is 11.4 Å². The number of hydrogen-bond donors (Lipinski definition) is 0. The molecule has 0 spiro atoms. The highest BCUT2D eigenvalue weighted by molar-refractivity contribution is 7.71. The van der Waals surface area contributed by atoms with Gasteiger partial charge in [-0.1, -0.05) is 30.7 Å². The third-order valence-electron chi connectivity index (χ3n) is 4.21. The molecule has 1 aliphatic heterocycles. The maximum Gasteiger partial charge on any atom is 0.199 e. The summed E-state index contributed by atoms with van der Waals surface area (Å²) >= 11 is 5.56. The molecule has 0 unspecified atom stereocenters. The Morgan fingerprint density at radius 3 is 2.57 bits per heavy atom. The number of nitrogens with zero attached hydrogens (tertiary/aromatic N) is 4. The molecule has 0 bridgehead atoms. The lowest BCUT2D eigenvalue weighted by molar-refractivity contribution is 0.172. The first-order valence-electron chi connectivity index (χ1n) is 7.59. The van der Waals surface area contributed by atoms with Crippen LogP contribution in [0.4, 0.5) is 0 Å². The van der Waals surface area contributed by atoms with Crippen molar-refractivity contribution in [1.82, 2.24) is 19.2 Å². The van der Waals surface area contributed by atoms with Crippen LogP contribution in [-0.4, -0.2) is 32.3 Å². The minimum Gasteiger partial charge on any atom is -0.303 e. The predicted octanol–water partition coefficient (Wildman–Crippen LogP) is 3.37. The standard InChI is InChI=1S/C16H22N4S/c1-13-8-4-5-9-14(13)15-17-20(16(21)18(15)2)12-19-10-6-3-7-11-19/h4-5,8-9H,3,6-7,10-12H2,1-2H3. The molecule has 1 aliphatic rings. The van der Waals surface area contributed by atoms with Gasteiger partial charge in [0.25, 0.3) is 0 Å². The molecule has 0 atom stereocenters. The van der Waals surface area contributed by atoms with E-state index in [4.69, 9.17) is 17.3 Å². The fourth-order valence-corrected chi connectivity index (χ4v) is 3.11. The first-order chi connectivity index (χ1) is 10.2. The molecule has 2 aromatic rings. The highest BCUT2D eigenvalue weighted by atomic mass is 32.1. The van der Waals surface area contributed by atoms with Gasteiger partial charge in [-0.2, -0.15) is 5.10 Å². The molecule has 0 amide bonds. The summed E-state index contributed by atoms with van der Waals surface area (Å²) in [5.41, 5.74) is 2.38. The summed E-state index contributed by atoms with van der Waals surface area (Å²) in [5, 5.41) is 4.77. The fraction of sp³-hybridized carbons (Fsp3) is 0.500.